The Balaban J connectivity index is 1.51. The Kier molecular flexibility index (Phi) is 5.20. The van der Waals surface area contributed by atoms with Crippen LogP contribution < -0.4 is 0 Å². The molecule has 0 N–H and O–H groups in total. The molecule has 2 saturated heterocycles. The van der Waals surface area contributed by atoms with Crippen molar-refractivity contribution < 1.29 is 47.6 Å². The highest BCUT2D eigenvalue weighted by Gasteiger charge is 2.27. The largest absolute Gasteiger partial charge is 0.508 e. The molecule has 2 aliphatic rings. The normalized spacial score (nSPS) is 21.2. The molecule has 0 spiro atoms. The predicted molar refractivity (Wildman–Crippen MR) is 79.4 cm³/mol. The quantitative estimate of drug-likeness (QED) is 0.533. The molecule has 2 unspecified atom stereocenters. The molecule has 2 fully saturated rings. The van der Waals surface area contributed by atoms with Gasteiger partial charge in [0.15, 0.2) is 12.2 Å². The van der Waals surface area contributed by atoms with Gasteiger partial charge in [-0.2, -0.15) is 0 Å². The monoisotopic (exact) mass is 366 g/mol. The highest BCUT2D eigenvalue weighted by atomic mass is 16.8. The Morgan fingerprint density at radius 2 is 1.35 bits per heavy atom. The SMILES string of the molecule is O=C1OCC(COC(=O)c2cccc(C(=O)OCC3COC(=O)O3)c2)O1. The van der Waals surface area contributed by atoms with Gasteiger partial charge in [-0.3, -0.25) is 0 Å². The Morgan fingerprint density at radius 1 is 0.885 bits per heavy atom. The molecule has 0 aliphatic carbocycles. The molecule has 2 heterocycles. The predicted octanol–water partition coefficient (Wildman–Crippen LogP) is 1.07. The number of carbonyl (C=O) groups is 4. The second-order valence-corrected chi connectivity index (χ2v) is 5.38. The number of carbonyl (C=O) groups excluding carboxylic acids is 4. The van der Waals surface area contributed by atoms with E-state index >= 15 is 0 Å². The van der Waals surface area contributed by atoms with E-state index in [1.807, 2.05) is 0 Å². The molecule has 2 atom stereocenters. The van der Waals surface area contributed by atoms with Gasteiger partial charge in [0.2, 0.25) is 0 Å². The van der Waals surface area contributed by atoms with E-state index in [1.54, 1.807) is 0 Å². The molecule has 0 aromatic heterocycles. The van der Waals surface area contributed by atoms with Crippen molar-refractivity contribution in [1.82, 2.24) is 0 Å². The first-order valence-electron chi connectivity index (χ1n) is 7.62. The van der Waals surface area contributed by atoms with Gasteiger partial charge in [-0.25, -0.2) is 19.2 Å². The maximum Gasteiger partial charge on any atom is 0.508 e. The van der Waals surface area contributed by atoms with E-state index in [2.05, 4.69) is 9.47 Å². The second-order valence-electron chi connectivity index (χ2n) is 5.38. The summed E-state index contributed by atoms with van der Waals surface area (Å²) in [5.41, 5.74) is 0.251. The molecule has 26 heavy (non-hydrogen) atoms. The maximum atomic E-state index is 12.0. The van der Waals surface area contributed by atoms with Crippen LogP contribution >= 0.6 is 0 Å². The number of ether oxygens (including phenoxy) is 6. The van der Waals surface area contributed by atoms with Gasteiger partial charge in [0, 0.05) is 0 Å². The fourth-order valence-electron chi connectivity index (χ4n) is 2.17. The second kappa shape index (κ2) is 7.72. The minimum atomic E-state index is -0.811. The first-order valence-corrected chi connectivity index (χ1v) is 7.62. The van der Waals surface area contributed by atoms with E-state index < -0.39 is 36.5 Å². The number of hydrogen-bond donors (Lipinski definition) is 0. The van der Waals surface area contributed by atoms with Crippen molar-refractivity contribution in [3.05, 3.63) is 35.4 Å². The molecule has 0 radical (unpaired) electrons. The molecule has 1 aromatic carbocycles. The van der Waals surface area contributed by atoms with Crippen molar-refractivity contribution in [2.75, 3.05) is 26.4 Å². The molecule has 10 heteroatoms. The topological polar surface area (TPSA) is 124 Å². The van der Waals surface area contributed by atoms with E-state index in [9.17, 15) is 19.2 Å². The minimum absolute atomic E-state index is 0.00787. The third-order valence-corrected chi connectivity index (χ3v) is 3.43. The average Bonchev–Trinajstić information content (AvgIpc) is 3.25. The summed E-state index contributed by atoms with van der Waals surface area (Å²) in [7, 11) is 0. The fraction of sp³-hybridized carbons (Fsp3) is 0.375. The van der Waals surface area contributed by atoms with Crippen LogP contribution in [-0.4, -0.2) is 62.9 Å². The molecule has 0 bridgehead atoms. The highest BCUT2D eigenvalue weighted by Crippen LogP contribution is 2.12. The standard InChI is InChI=1S/C16H14O10/c17-13(21-5-11-7-23-15(19)25-11)9-2-1-3-10(4-9)14(18)22-6-12-8-24-16(20)26-12/h1-4,11-12H,5-8H2. The van der Waals surface area contributed by atoms with Crippen LogP contribution in [0.15, 0.2) is 24.3 Å². The third-order valence-electron chi connectivity index (χ3n) is 3.43. The highest BCUT2D eigenvalue weighted by molar-refractivity contribution is 5.95. The summed E-state index contributed by atoms with van der Waals surface area (Å²) in [6.07, 6.45) is -2.94. The number of rotatable bonds is 6. The van der Waals surface area contributed by atoms with Gasteiger partial charge < -0.3 is 28.4 Å². The van der Waals surface area contributed by atoms with E-state index in [1.165, 1.54) is 24.3 Å². The lowest BCUT2D eigenvalue weighted by Crippen LogP contribution is -2.22. The first kappa shape index (κ1) is 17.5. The number of esters is 2. The Morgan fingerprint density at radius 3 is 1.73 bits per heavy atom. The maximum absolute atomic E-state index is 12.0. The molecule has 10 nitrogen and oxygen atoms in total. The number of hydrogen-bond acceptors (Lipinski definition) is 10. The Hall–Kier alpha value is -3.30. The first-order chi connectivity index (χ1) is 12.5. The van der Waals surface area contributed by atoms with Crippen LogP contribution in [0, 0.1) is 0 Å². The van der Waals surface area contributed by atoms with E-state index in [4.69, 9.17) is 18.9 Å². The summed E-state index contributed by atoms with van der Waals surface area (Å²) in [6, 6.07) is 5.72. The van der Waals surface area contributed by atoms with Gasteiger partial charge in [-0.05, 0) is 18.2 Å². The number of benzene rings is 1. The van der Waals surface area contributed by atoms with Crippen LogP contribution in [0.1, 0.15) is 20.7 Å². The van der Waals surface area contributed by atoms with Crippen LogP contribution in [-0.2, 0) is 28.4 Å². The van der Waals surface area contributed by atoms with E-state index in [-0.39, 0.29) is 37.6 Å². The molecule has 3 rings (SSSR count). The zero-order valence-electron chi connectivity index (χ0n) is 13.4. The molecule has 0 amide bonds. The molecular weight excluding hydrogens is 352 g/mol. The van der Waals surface area contributed by atoms with E-state index in [0.29, 0.717) is 0 Å². The zero-order chi connectivity index (χ0) is 18.5. The summed E-state index contributed by atoms with van der Waals surface area (Å²) in [5, 5.41) is 0. The lowest BCUT2D eigenvalue weighted by molar-refractivity contribution is 0.0293. The van der Waals surface area contributed by atoms with Crippen molar-refractivity contribution in [3.63, 3.8) is 0 Å². The summed E-state index contributed by atoms with van der Waals surface area (Å²) >= 11 is 0. The van der Waals surface area contributed by atoms with Gasteiger partial charge in [-0.1, -0.05) is 6.07 Å². The fourth-order valence-corrected chi connectivity index (χ4v) is 2.17. The van der Waals surface area contributed by atoms with Crippen LogP contribution in [0.3, 0.4) is 0 Å². The van der Waals surface area contributed by atoms with Crippen LogP contribution in [0.25, 0.3) is 0 Å². The molecule has 0 saturated carbocycles. The van der Waals surface area contributed by atoms with E-state index in [0.717, 1.165) is 0 Å². The van der Waals surface area contributed by atoms with Crippen molar-refractivity contribution in [3.8, 4) is 0 Å². The minimum Gasteiger partial charge on any atom is -0.458 e. The summed E-state index contributed by atoms with van der Waals surface area (Å²) < 4.78 is 28.7. The smallest absolute Gasteiger partial charge is 0.458 e. The summed E-state index contributed by atoms with van der Waals surface area (Å²) in [4.78, 5) is 45.6. The molecule has 2 aliphatic heterocycles. The Bertz CT molecular complexity index is 670. The van der Waals surface area contributed by atoms with Crippen LogP contribution in [0.4, 0.5) is 9.59 Å². The van der Waals surface area contributed by atoms with Gasteiger partial charge in [0.1, 0.15) is 26.4 Å². The Labute approximate surface area is 146 Å². The average molecular weight is 366 g/mol. The lowest BCUT2D eigenvalue weighted by Gasteiger charge is -2.10. The summed E-state index contributed by atoms with van der Waals surface area (Å²) in [5.74, 6) is -1.39. The van der Waals surface area contributed by atoms with Crippen LogP contribution in [0.2, 0.25) is 0 Å². The van der Waals surface area contributed by atoms with Crippen LogP contribution in [0.5, 0.6) is 0 Å². The van der Waals surface area contributed by atoms with Crippen molar-refractivity contribution in [1.29, 1.82) is 0 Å². The van der Waals surface area contributed by atoms with Crippen molar-refractivity contribution in [2.45, 2.75) is 12.2 Å². The van der Waals surface area contributed by atoms with Gasteiger partial charge in [0.05, 0.1) is 11.1 Å². The number of cyclic esters (lactones) is 4. The van der Waals surface area contributed by atoms with Gasteiger partial charge in [-0.15, -0.1) is 0 Å². The molecule has 138 valence electrons. The summed E-state index contributed by atoms with van der Waals surface area (Å²) in [6.45, 7) is -0.305. The molecule has 1 aromatic rings. The molecular formula is C16H14O10. The van der Waals surface area contributed by atoms with Crippen molar-refractivity contribution >= 4 is 24.2 Å². The van der Waals surface area contributed by atoms with Gasteiger partial charge in [0.25, 0.3) is 0 Å². The van der Waals surface area contributed by atoms with Gasteiger partial charge >= 0.3 is 24.2 Å². The third kappa shape index (κ3) is 4.41. The zero-order valence-corrected chi connectivity index (χ0v) is 13.4. The lowest BCUT2D eigenvalue weighted by atomic mass is 10.1. The van der Waals surface area contributed by atoms with Crippen molar-refractivity contribution in [2.24, 2.45) is 0 Å².